The molecule has 1 aromatic rings. The Labute approximate surface area is 107 Å². The van der Waals surface area contributed by atoms with Crippen LogP contribution in [-0.4, -0.2) is 25.2 Å². The minimum Gasteiger partial charge on any atom is -0.497 e. The van der Waals surface area contributed by atoms with Crippen LogP contribution in [0.1, 0.15) is 25.5 Å². The Morgan fingerprint density at radius 2 is 2.12 bits per heavy atom. The first-order valence-corrected chi connectivity index (χ1v) is 6.97. The fourth-order valence-corrected chi connectivity index (χ4v) is 1.78. The van der Waals surface area contributed by atoms with E-state index in [0.717, 1.165) is 6.54 Å². The van der Waals surface area contributed by atoms with Gasteiger partial charge in [0.15, 0.2) is 0 Å². The number of methoxy groups -OCH3 is 1. The summed E-state index contributed by atoms with van der Waals surface area (Å²) in [6.45, 7) is 4.99. The van der Waals surface area contributed by atoms with Gasteiger partial charge in [0.1, 0.15) is 11.6 Å². The van der Waals surface area contributed by atoms with Crippen LogP contribution in [-0.2, 0) is 0 Å². The van der Waals surface area contributed by atoms with E-state index in [-0.39, 0.29) is 11.9 Å². The van der Waals surface area contributed by atoms with E-state index in [1.54, 1.807) is 23.9 Å². The lowest BCUT2D eigenvalue weighted by molar-refractivity contribution is 0.409. The van der Waals surface area contributed by atoms with E-state index in [4.69, 9.17) is 4.74 Å². The summed E-state index contributed by atoms with van der Waals surface area (Å²) in [5.74, 6) is 0.331. The molecule has 0 aromatic heterocycles. The number of nitrogens with one attached hydrogen (secondary N) is 1. The summed E-state index contributed by atoms with van der Waals surface area (Å²) >= 11 is 1.80. The summed E-state index contributed by atoms with van der Waals surface area (Å²) in [7, 11) is 1.54. The molecule has 1 aromatic carbocycles. The molecule has 2 atom stereocenters. The average Bonchev–Trinajstić information content (AvgIpc) is 2.35. The molecule has 0 spiro atoms. The minimum absolute atomic E-state index is 0.00973. The van der Waals surface area contributed by atoms with Gasteiger partial charge >= 0.3 is 0 Å². The molecule has 0 fully saturated rings. The van der Waals surface area contributed by atoms with Gasteiger partial charge in [0.05, 0.1) is 7.11 Å². The molecule has 0 saturated carbocycles. The van der Waals surface area contributed by atoms with Crippen LogP contribution < -0.4 is 10.1 Å². The molecule has 0 radical (unpaired) electrons. The zero-order valence-corrected chi connectivity index (χ0v) is 11.6. The fraction of sp³-hybridized carbons (Fsp3) is 0.538. The number of hydrogen-bond donors (Lipinski definition) is 1. The standard InChI is InChI=1S/C13H20FNOS/c1-9(17-4)8-15-10(2)12-6-5-11(16-3)7-13(12)14/h5-7,9-10,15H,8H2,1-4H3. The Morgan fingerprint density at radius 1 is 1.41 bits per heavy atom. The monoisotopic (exact) mass is 257 g/mol. The van der Waals surface area contributed by atoms with Gasteiger partial charge in [-0.3, -0.25) is 0 Å². The maximum Gasteiger partial charge on any atom is 0.131 e. The second kappa shape index (κ2) is 6.87. The van der Waals surface area contributed by atoms with Crippen LogP contribution in [0.2, 0.25) is 0 Å². The van der Waals surface area contributed by atoms with Gasteiger partial charge in [-0.2, -0.15) is 11.8 Å². The van der Waals surface area contributed by atoms with Crippen molar-refractivity contribution in [1.82, 2.24) is 5.32 Å². The number of rotatable bonds is 6. The molecule has 0 bridgehead atoms. The lowest BCUT2D eigenvalue weighted by atomic mass is 10.1. The van der Waals surface area contributed by atoms with E-state index in [1.807, 2.05) is 6.92 Å². The van der Waals surface area contributed by atoms with Gasteiger partial charge in [-0.1, -0.05) is 13.0 Å². The third kappa shape index (κ3) is 4.21. The van der Waals surface area contributed by atoms with Crippen molar-refractivity contribution in [1.29, 1.82) is 0 Å². The van der Waals surface area contributed by atoms with Crippen molar-refractivity contribution in [3.63, 3.8) is 0 Å². The first-order chi connectivity index (χ1) is 8.08. The van der Waals surface area contributed by atoms with E-state index < -0.39 is 0 Å². The van der Waals surface area contributed by atoms with E-state index in [1.165, 1.54) is 13.2 Å². The van der Waals surface area contributed by atoms with Gasteiger partial charge in [0.25, 0.3) is 0 Å². The Balaban J connectivity index is 2.65. The van der Waals surface area contributed by atoms with Crippen molar-refractivity contribution in [3.8, 4) is 5.75 Å². The van der Waals surface area contributed by atoms with Crippen LogP contribution >= 0.6 is 11.8 Å². The smallest absolute Gasteiger partial charge is 0.131 e. The van der Waals surface area contributed by atoms with E-state index in [9.17, 15) is 4.39 Å². The van der Waals surface area contributed by atoms with Crippen LogP contribution in [0.25, 0.3) is 0 Å². The van der Waals surface area contributed by atoms with Crippen LogP contribution in [0.5, 0.6) is 5.75 Å². The molecule has 0 saturated heterocycles. The van der Waals surface area contributed by atoms with Crippen molar-refractivity contribution >= 4 is 11.8 Å². The molecule has 0 aliphatic carbocycles. The number of thioether (sulfide) groups is 1. The number of hydrogen-bond acceptors (Lipinski definition) is 3. The molecule has 2 unspecified atom stereocenters. The highest BCUT2D eigenvalue weighted by molar-refractivity contribution is 7.99. The van der Waals surface area contributed by atoms with Crippen molar-refractivity contribution < 1.29 is 9.13 Å². The summed E-state index contributed by atoms with van der Waals surface area (Å²) in [6.07, 6.45) is 2.07. The SMILES string of the molecule is COc1ccc(C(C)NCC(C)SC)c(F)c1. The number of ether oxygens (including phenoxy) is 1. The van der Waals surface area contributed by atoms with Crippen molar-refractivity contribution in [2.24, 2.45) is 0 Å². The molecule has 0 heterocycles. The lowest BCUT2D eigenvalue weighted by Gasteiger charge is -2.17. The molecule has 0 amide bonds. The molecule has 0 aliphatic rings. The second-order valence-corrected chi connectivity index (χ2v) is 5.34. The summed E-state index contributed by atoms with van der Waals surface area (Å²) < 4.78 is 18.8. The largest absolute Gasteiger partial charge is 0.497 e. The van der Waals surface area contributed by atoms with Gasteiger partial charge in [0.2, 0.25) is 0 Å². The highest BCUT2D eigenvalue weighted by Crippen LogP contribution is 2.21. The van der Waals surface area contributed by atoms with Gasteiger partial charge in [-0.05, 0) is 19.2 Å². The van der Waals surface area contributed by atoms with Gasteiger partial charge in [-0.15, -0.1) is 0 Å². The summed E-state index contributed by atoms with van der Waals surface area (Å²) in [5, 5.41) is 3.85. The Hall–Kier alpha value is -0.740. The molecule has 96 valence electrons. The molecule has 4 heteroatoms. The maximum absolute atomic E-state index is 13.8. The summed E-state index contributed by atoms with van der Waals surface area (Å²) in [4.78, 5) is 0. The molecule has 1 N–H and O–H groups in total. The fourth-order valence-electron chi connectivity index (χ4n) is 1.52. The Kier molecular flexibility index (Phi) is 5.78. The molecular formula is C13H20FNOS. The molecule has 1 rings (SSSR count). The van der Waals surface area contributed by atoms with Crippen molar-refractivity contribution in [3.05, 3.63) is 29.6 Å². The zero-order chi connectivity index (χ0) is 12.8. The van der Waals surface area contributed by atoms with Crippen LogP contribution in [0.3, 0.4) is 0 Å². The maximum atomic E-state index is 13.8. The minimum atomic E-state index is -0.221. The van der Waals surface area contributed by atoms with Crippen LogP contribution in [0.4, 0.5) is 4.39 Å². The highest BCUT2D eigenvalue weighted by atomic mass is 32.2. The predicted molar refractivity (Wildman–Crippen MR) is 72.3 cm³/mol. The predicted octanol–water partition coefficient (Wildman–Crippen LogP) is 3.24. The molecule has 17 heavy (non-hydrogen) atoms. The van der Waals surface area contributed by atoms with Gasteiger partial charge < -0.3 is 10.1 Å². The molecule has 2 nitrogen and oxygen atoms in total. The lowest BCUT2D eigenvalue weighted by Crippen LogP contribution is -2.26. The topological polar surface area (TPSA) is 21.3 Å². The number of benzene rings is 1. The van der Waals surface area contributed by atoms with Gasteiger partial charge in [0, 0.05) is 29.5 Å². The quantitative estimate of drug-likeness (QED) is 0.845. The van der Waals surface area contributed by atoms with E-state index in [2.05, 4.69) is 18.5 Å². The van der Waals surface area contributed by atoms with Crippen molar-refractivity contribution in [2.75, 3.05) is 19.9 Å². The first kappa shape index (κ1) is 14.3. The molecular weight excluding hydrogens is 237 g/mol. The van der Waals surface area contributed by atoms with E-state index in [0.29, 0.717) is 16.6 Å². The Morgan fingerprint density at radius 3 is 2.65 bits per heavy atom. The first-order valence-electron chi connectivity index (χ1n) is 5.68. The third-order valence-corrected chi connectivity index (χ3v) is 3.76. The Bertz CT molecular complexity index is 359. The summed E-state index contributed by atoms with van der Waals surface area (Å²) in [6, 6.07) is 4.99. The van der Waals surface area contributed by atoms with Crippen LogP contribution in [0.15, 0.2) is 18.2 Å². The van der Waals surface area contributed by atoms with Crippen molar-refractivity contribution in [2.45, 2.75) is 25.1 Å². The number of halogens is 1. The van der Waals surface area contributed by atoms with Crippen LogP contribution in [0, 0.1) is 5.82 Å². The highest BCUT2D eigenvalue weighted by Gasteiger charge is 2.12. The normalized spacial score (nSPS) is 14.4. The summed E-state index contributed by atoms with van der Waals surface area (Å²) in [5.41, 5.74) is 0.680. The zero-order valence-electron chi connectivity index (χ0n) is 10.8. The van der Waals surface area contributed by atoms with Gasteiger partial charge in [-0.25, -0.2) is 4.39 Å². The third-order valence-electron chi connectivity index (χ3n) is 2.79. The molecule has 0 aliphatic heterocycles. The van der Waals surface area contributed by atoms with E-state index >= 15 is 0 Å². The second-order valence-electron chi connectivity index (χ2n) is 4.06. The average molecular weight is 257 g/mol.